The van der Waals surface area contributed by atoms with E-state index in [0.29, 0.717) is 5.69 Å². The molecule has 0 saturated heterocycles. The summed E-state index contributed by atoms with van der Waals surface area (Å²) in [6.45, 7) is 1.82. The minimum absolute atomic E-state index is 0.155. The van der Waals surface area contributed by atoms with Crippen LogP contribution in [-0.2, 0) is 0 Å². The zero-order chi connectivity index (χ0) is 11.7. The van der Waals surface area contributed by atoms with Gasteiger partial charge in [0.15, 0.2) is 0 Å². The zero-order valence-electron chi connectivity index (χ0n) is 8.38. The number of rotatable bonds is 3. The standard InChI is InChI=1S/C8H9N5O2S/c1-3(9)8-11-4(2-16-8)7-12-6(5(10)14)13-15-7/h2-3H,9H2,1H3,(H2,10,14). The second kappa shape index (κ2) is 3.99. The number of hydrogen-bond acceptors (Lipinski definition) is 7. The molecule has 2 heterocycles. The summed E-state index contributed by atoms with van der Waals surface area (Å²) in [6, 6.07) is -0.155. The van der Waals surface area contributed by atoms with Gasteiger partial charge >= 0.3 is 0 Å². The Morgan fingerprint density at radius 2 is 2.31 bits per heavy atom. The fourth-order valence-electron chi connectivity index (χ4n) is 1.02. The minimum atomic E-state index is -0.738. The predicted octanol–water partition coefficient (Wildman–Crippen LogP) is 0.312. The van der Waals surface area contributed by atoms with Crippen LogP contribution in [0.5, 0.6) is 0 Å². The van der Waals surface area contributed by atoms with Crippen molar-refractivity contribution in [3.63, 3.8) is 0 Å². The average molecular weight is 239 g/mol. The SMILES string of the molecule is CC(N)c1nc(-c2nc(C(N)=O)no2)cs1. The highest BCUT2D eigenvalue weighted by molar-refractivity contribution is 7.10. The Labute approximate surface area is 94.5 Å². The molecule has 0 aliphatic heterocycles. The van der Waals surface area contributed by atoms with Crippen LogP contribution in [0.3, 0.4) is 0 Å². The Bertz CT molecular complexity index is 518. The molecule has 8 heteroatoms. The lowest BCUT2D eigenvalue weighted by molar-refractivity contribution is 0.0987. The van der Waals surface area contributed by atoms with Crippen LogP contribution in [0.15, 0.2) is 9.90 Å². The van der Waals surface area contributed by atoms with Gasteiger partial charge in [-0.15, -0.1) is 11.3 Å². The fraction of sp³-hybridized carbons (Fsp3) is 0.250. The lowest BCUT2D eigenvalue weighted by Crippen LogP contribution is -2.12. The van der Waals surface area contributed by atoms with E-state index in [4.69, 9.17) is 16.0 Å². The number of carbonyl (C=O) groups excluding carboxylic acids is 1. The number of primary amides is 1. The Hall–Kier alpha value is -1.80. The summed E-state index contributed by atoms with van der Waals surface area (Å²) in [7, 11) is 0. The quantitative estimate of drug-likeness (QED) is 0.795. The van der Waals surface area contributed by atoms with Crippen molar-refractivity contribution in [2.24, 2.45) is 11.5 Å². The minimum Gasteiger partial charge on any atom is -0.363 e. The van der Waals surface area contributed by atoms with Crippen LogP contribution < -0.4 is 11.5 Å². The number of nitrogens with zero attached hydrogens (tertiary/aromatic N) is 3. The van der Waals surface area contributed by atoms with Crippen LogP contribution in [-0.4, -0.2) is 21.0 Å². The van der Waals surface area contributed by atoms with Crippen molar-refractivity contribution >= 4 is 17.2 Å². The van der Waals surface area contributed by atoms with E-state index in [1.165, 1.54) is 11.3 Å². The van der Waals surface area contributed by atoms with Crippen molar-refractivity contribution in [3.8, 4) is 11.6 Å². The first-order chi connectivity index (χ1) is 7.58. The van der Waals surface area contributed by atoms with Gasteiger partial charge in [-0.2, -0.15) is 4.98 Å². The van der Waals surface area contributed by atoms with E-state index in [9.17, 15) is 4.79 Å². The Morgan fingerprint density at radius 1 is 1.56 bits per heavy atom. The highest BCUT2D eigenvalue weighted by atomic mass is 32.1. The molecule has 0 aromatic carbocycles. The molecule has 0 bridgehead atoms. The zero-order valence-corrected chi connectivity index (χ0v) is 9.19. The summed E-state index contributed by atoms with van der Waals surface area (Å²) < 4.78 is 4.85. The fourth-order valence-corrected chi connectivity index (χ4v) is 1.77. The summed E-state index contributed by atoms with van der Waals surface area (Å²) in [5, 5.41) is 5.91. The normalized spacial score (nSPS) is 12.6. The third kappa shape index (κ3) is 1.92. The number of hydrogen-bond donors (Lipinski definition) is 2. The molecule has 7 nitrogen and oxygen atoms in total. The number of thiazole rings is 1. The second-order valence-corrected chi connectivity index (χ2v) is 4.04. The van der Waals surface area contributed by atoms with E-state index in [0.717, 1.165) is 5.01 Å². The number of nitrogens with two attached hydrogens (primary N) is 2. The average Bonchev–Trinajstić information content (AvgIpc) is 2.86. The Balaban J connectivity index is 2.31. The molecule has 0 aliphatic carbocycles. The number of amides is 1. The van der Waals surface area contributed by atoms with E-state index < -0.39 is 5.91 Å². The largest absolute Gasteiger partial charge is 0.363 e. The molecule has 1 amide bonds. The number of aromatic nitrogens is 3. The molecular weight excluding hydrogens is 230 g/mol. The van der Waals surface area contributed by atoms with Gasteiger partial charge in [0, 0.05) is 5.38 Å². The smallest absolute Gasteiger partial charge is 0.290 e. The van der Waals surface area contributed by atoms with Crippen LogP contribution in [0.1, 0.15) is 28.6 Å². The molecule has 0 spiro atoms. The summed E-state index contributed by atoms with van der Waals surface area (Å²) in [6.07, 6.45) is 0. The lowest BCUT2D eigenvalue weighted by atomic mass is 10.4. The molecule has 16 heavy (non-hydrogen) atoms. The summed E-state index contributed by atoms with van der Waals surface area (Å²) in [5.74, 6) is -0.736. The molecule has 2 rings (SSSR count). The molecule has 84 valence electrons. The van der Waals surface area contributed by atoms with E-state index in [-0.39, 0.29) is 17.8 Å². The van der Waals surface area contributed by atoms with Crippen LogP contribution in [0.2, 0.25) is 0 Å². The predicted molar refractivity (Wildman–Crippen MR) is 56.5 cm³/mol. The van der Waals surface area contributed by atoms with Gasteiger partial charge in [0.1, 0.15) is 10.7 Å². The Kier molecular flexibility index (Phi) is 2.67. The van der Waals surface area contributed by atoms with Gasteiger partial charge in [0.25, 0.3) is 17.6 Å². The van der Waals surface area contributed by atoms with Gasteiger partial charge in [-0.3, -0.25) is 4.79 Å². The lowest BCUT2D eigenvalue weighted by Gasteiger charge is -1.95. The third-order valence-corrected chi connectivity index (χ3v) is 2.82. The van der Waals surface area contributed by atoms with Crippen LogP contribution in [0, 0.1) is 0 Å². The first-order valence-corrected chi connectivity index (χ1v) is 5.31. The monoisotopic (exact) mass is 239 g/mol. The van der Waals surface area contributed by atoms with Crippen LogP contribution in [0.4, 0.5) is 0 Å². The molecule has 0 radical (unpaired) electrons. The molecule has 1 atom stereocenters. The maximum absolute atomic E-state index is 10.8. The summed E-state index contributed by atoms with van der Waals surface area (Å²) in [5.41, 5.74) is 11.2. The van der Waals surface area contributed by atoms with Crippen molar-refractivity contribution < 1.29 is 9.32 Å². The molecule has 2 aromatic rings. The molecule has 4 N–H and O–H groups in total. The van der Waals surface area contributed by atoms with Crippen LogP contribution in [0.25, 0.3) is 11.6 Å². The summed E-state index contributed by atoms with van der Waals surface area (Å²) >= 11 is 1.39. The topological polar surface area (TPSA) is 121 Å². The first kappa shape index (κ1) is 10.7. The van der Waals surface area contributed by atoms with Gasteiger partial charge in [0.05, 0.1) is 6.04 Å². The highest BCUT2D eigenvalue weighted by Gasteiger charge is 2.16. The van der Waals surface area contributed by atoms with Crippen molar-refractivity contribution in [3.05, 3.63) is 16.2 Å². The second-order valence-electron chi connectivity index (χ2n) is 3.15. The van der Waals surface area contributed by atoms with Crippen molar-refractivity contribution in [2.75, 3.05) is 0 Å². The molecule has 0 fully saturated rings. The maximum atomic E-state index is 10.8. The van der Waals surface area contributed by atoms with E-state index in [1.807, 2.05) is 6.92 Å². The van der Waals surface area contributed by atoms with Crippen molar-refractivity contribution in [2.45, 2.75) is 13.0 Å². The molecule has 2 aromatic heterocycles. The van der Waals surface area contributed by atoms with Crippen LogP contribution >= 0.6 is 11.3 Å². The molecule has 0 saturated carbocycles. The Morgan fingerprint density at radius 3 is 2.81 bits per heavy atom. The molecule has 1 unspecified atom stereocenters. The van der Waals surface area contributed by atoms with E-state index in [2.05, 4.69) is 15.1 Å². The first-order valence-electron chi connectivity index (χ1n) is 4.43. The van der Waals surface area contributed by atoms with E-state index in [1.54, 1.807) is 5.38 Å². The third-order valence-electron chi connectivity index (χ3n) is 1.78. The van der Waals surface area contributed by atoms with Crippen molar-refractivity contribution in [1.29, 1.82) is 0 Å². The van der Waals surface area contributed by atoms with Gasteiger partial charge in [-0.25, -0.2) is 4.98 Å². The summed E-state index contributed by atoms with van der Waals surface area (Å²) in [4.78, 5) is 18.8. The molecule has 0 aliphatic rings. The highest BCUT2D eigenvalue weighted by Crippen LogP contribution is 2.23. The number of carbonyl (C=O) groups is 1. The van der Waals surface area contributed by atoms with Gasteiger partial charge in [0.2, 0.25) is 0 Å². The van der Waals surface area contributed by atoms with Gasteiger partial charge in [-0.05, 0) is 6.92 Å². The maximum Gasteiger partial charge on any atom is 0.290 e. The van der Waals surface area contributed by atoms with E-state index >= 15 is 0 Å². The van der Waals surface area contributed by atoms with Gasteiger partial charge in [-0.1, -0.05) is 5.16 Å². The molecular formula is C8H9N5O2S. The van der Waals surface area contributed by atoms with Crippen molar-refractivity contribution in [1.82, 2.24) is 15.1 Å². The van der Waals surface area contributed by atoms with Gasteiger partial charge < -0.3 is 16.0 Å².